The average Bonchev–Trinajstić information content (AvgIpc) is 2.88. The van der Waals surface area contributed by atoms with E-state index in [1.165, 1.54) is 11.1 Å². The molecular formula is C18H25N3O. The summed E-state index contributed by atoms with van der Waals surface area (Å²) in [6.07, 6.45) is 2.15. The summed E-state index contributed by atoms with van der Waals surface area (Å²) in [6.45, 7) is 7.68. The first-order chi connectivity index (χ1) is 10.7. The monoisotopic (exact) mass is 299 g/mol. The molecule has 22 heavy (non-hydrogen) atoms. The Labute approximate surface area is 132 Å². The van der Waals surface area contributed by atoms with Crippen molar-refractivity contribution in [3.63, 3.8) is 0 Å². The fraction of sp³-hybridized carbons (Fsp3) is 0.500. The molecule has 118 valence electrons. The van der Waals surface area contributed by atoms with Crippen LogP contribution in [0.25, 0.3) is 0 Å². The predicted octanol–water partition coefficient (Wildman–Crippen LogP) is 2.86. The Kier molecular flexibility index (Phi) is 4.60. The largest absolute Gasteiger partial charge is 0.381 e. The van der Waals surface area contributed by atoms with Crippen molar-refractivity contribution < 1.29 is 4.74 Å². The molecule has 3 rings (SSSR count). The van der Waals surface area contributed by atoms with Gasteiger partial charge in [-0.3, -0.25) is 5.10 Å². The molecule has 4 nitrogen and oxygen atoms in total. The number of aromatic nitrogens is 2. The van der Waals surface area contributed by atoms with Gasteiger partial charge in [0.2, 0.25) is 0 Å². The molecule has 2 aromatic rings. The third-order valence-electron chi connectivity index (χ3n) is 4.88. The van der Waals surface area contributed by atoms with Crippen molar-refractivity contribution in [1.82, 2.24) is 15.5 Å². The molecule has 1 aliphatic heterocycles. The molecule has 0 amide bonds. The SMILES string of the molecule is Cc1n[nH]c(C)c1CNCC1(c2ccccc2)CCOCC1. The molecule has 0 saturated carbocycles. The lowest BCUT2D eigenvalue weighted by Crippen LogP contribution is -2.42. The van der Waals surface area contributed by atoms with E-state index in [1.807, 2.05) is 0 Å². The number of ether oxygens (including phenoxy) is 1. The van der Waals surface area contributed by atoms with E-state index in [-0.39, 0.29) is 5.41 Å². The lowest BCUT2D eigenvalue weighted by molar-refractivity contribution is 0.0498. The van der Waals surface area contributed by atoms with Crippen molar-refractivity contribution in [1.29, 1.82) is 0 Å². The van der Waals surface area contributed by atoms with E-state index in [4.69, 9.17) is 4.74 Å². The number of nitrogens with one attached hydrogen (secondary N) is 2. The maximum atomic E-state index is 5.59. The third kappa shape index (κ3) is 3.08. The van der Waals surface area contributed by atoms with E-state index in [2.05, 4.69) is 59.7 Å². The molecule has 1 saturated heterocycles. The minimum atomic E-state index is 0.186. The fourth-order valence-electron chi connectivity index (χ4n) is 3.38. The summed E-state index contributed by atoms with van der Waals surface area (Å²) in [7, 11) is 0. The Balaban J connectivity index is 1.71. The summed E-state index contributed by atoms with van der Waals surface area (Å²) in [4.78, 5) is 0. The van der Waals surface area contributed by atoms with E-state index in [9.17, 15) is 0 Å². The zero-order chi connectivity index (χ0) is 15.4. The van der Waals surface area contributed by atoms with E-state index >= 15 is 0 Å². The fourth-order valence-corrected chi connectivity index (χ4v) is 3.38. The van der Waals surface area contributed by atoms with Crippen LogP contribution < -0.4 is 5.32 Å². The van der Waals surface area contributed by atoms with Crippen LogP contribution >= 0.6 is 0 Å². The molecule has 0 radical (unpaired) electrons. The molecule has 0 aliphatic carbocycles. The topological polar surface area (TPSA) is 49.9 Å². The summed E-state index contributed by atoms with van der Waals surface area (Å²) < 4.78 is 5.59. The molecule has 2 heterocycles. The lowest BCUT2D eigenvalue weighted by atomic mass is 9.74. The van der Waals surface area contributed by atoms with Gasteiger partial charge in [-0.25, -0.2) is 0 Å². The highest BCUT2D eigenvalue weighted by Crippen LogP contribution is 2.34. The minimum absolute atomic E-state index is 0.186. The smallest absolute Gasteiger partial charge is 0.0638 e. The first-order valence-electron chi connectivity index (χ1n) is 8.06. The molecule has 1 aromatic heterocycles. The molecule has 0 bridgehead atoms. The van der Waals surface area contributed by atoms with Gasteiger partial charge < -0.3 is 10.1 Å². The third-order valence-corrected chi connectivity index (χ3v) is 4.88. The Morgan fingerprint density at radius 1 is 1.18 bits per heavy atom. The summed E-state index contributed by atoms with van der Waals surface area (Å²) in [6, 6.07) is 10.9. The summed E-state index contributed by atoms with van der Waals surface area (Å²) in [5.41, 5.74) is 5.14. The number of hydrogen-bond donors (Lipinski definition) is 2. The van der Waals surface area contributed by atoms with Crippen molar-refractivity contribution in [2.45, 2.75) is 38.6 Å². The number of rotatable bonds is 5. The van der Waals surface area contributed by atoms with Crippen LogP contribution in [-0.4, -0.2) is 30.0 Å². The van der Waals surface area contributed by atoms with Crippen LogP contribution in [0, 0.1) is 13.8 Å². The number of nitrogens with zero attached hydrogens (tertiary/aromatic N) is 1. The van der Waals surface area contributed by atoms with Gasteiger partial charge in [0.25, 0.3) is 0 Å². The molecule has 1 fully saturated rings. The lowest BCUT2D eigenvalue weighted by Gasteiger charge is -2.38. The van der Waals surface area contributed by atoms with E-state index < -0.39 is 0 Å². The van der Waals surface area contributed by atoms with Crippen LogP contribution in [-0.2, 0) is 16.7 Å². The summed E-state index contributed by atoms with van der Waals surface area (Å²) >= 11 is 0. The highest BCUT2D eigenvalue weighted by molar-refractivity contribution is 5.27. The maximum Gasteiger partial charge on any atom is 0.0638 e. The highest BCUT2D eigenvalue weighted by atomic mass is 16.5. The molecule has 1 aliphatic rings. The minimum Gasteiger partial charge on any atom is -0.381 e. The second-order valence-electron chi connectivity index (χ2n) is 6.27. The van der Waals surface area contributed by atoms with Crippen molar-refractivity contribution in [3.8, 4) is 0 Å². The van der Waals surface area contributed by atoms with Gasteiger partial charge >= 0.3 is 0 Å². The van der Waals surface area contributed by atoms with Crippen molar-refractivity contribution in [2.75, 3.05) is 19.8 Å². The second kappa shape index (κ2) is 6.63. The predicted molar refractivity (Wildman–Crippen MR) is 87.9 cm³/mol. The van der Waals surface area contributed by atoms with Crippen LogP contribution in [0.15, 0.2) is 30.3 Å². The Hall–Kier alpha value is -1.65. The Bertz CT molecular complexity index is 581. The Morgan fingerprint density at radius 2 is 1.91 bits per heavy atom. The number of aryl methyl sites for hydroxylation is 2. The normalized spacial score (nSPS) is 17.5. The first kappa shape index (κ1) is 15.3. The number of hydrogen-bond acceptors (Lipinski definition) is 3. The van der Waals surface area contributed by atoms with Crippen LogP contribution in [0.2, 0.25) is 0 Å². The standard InChI is InChI=1S/C18H25N3O/c1-14-17(15(2)21-20-14)12-19-13-18(8-10-22-11-9-18)16-6-4-3-5-7-16/h3-7,19H,8-13H2,1-2H3,(H,20,21). The quantitative estimate of drug-likeness (QED) is 0.892. The molecule has 4 heteroatoms. The van der Waals surface area contributed by atoms with E-state index in [1.54, 1.807) is 0 Å². The molecular weight excluding hydrogens is 274 g/mol. The van der Waals surface area contributed by atoms with E-state index in [0.29, 0.717) is 0 Å². The summed E-state index contributed by atoms with van der Waals surface area (Å²) in [5, 5.41) is 11.0. The molecule has 0 spiro atoms. The average molecular weight is 299 g/mol. The van der Waals surface area contributed by atoms with Crippen LogP contribution in [0.4, 0.5) is 0 Å². The van der Waals surface area contributed by atoms with Gasteiger partial charge in [0.05, 0.1) is 5.69 Å². The summed E-state index contributed by atoms with van der Waals surface area (Å²) in [5.74, 6) is 0. The van der Waals surface area contributed by atoms with Crippen molar-refractivity contribution in [2.24, 2.45) is 0 Å². The van der Waals surface area contributed by atoms with Crippen LogP contribution in [0.3, 0.4) is 0 Å². The first-order valence-corrected chi connectivity index (χ1v) is 8.06. The highest BCUT2D eigenvalue weighted by Gasteiger charge is 2.33. The van der Waals surface area contributed by atoms with Crippen LogP contribution in [0.1, 0.15) is 35.4 Å². The molecule has 0 unspecified atom stereocenters. The number of benzene rings is 1. The molecule has 1 aromatic carbocycles. The number of H-pyrrole nitrogens is 1. The van der Waals surface area contributed by atoms with Crippen molar-refractivity contribution >= 4 is 0 Å². The van der Waals surface area contributed by atoms with Gasteiger partial charge in [-0.05, 0) is 32.3 Å². The maximum absolute atomic E-state index is 5.59. The van der Waals surface area contributed by atoms with Gasteiger partial charge in [0.1, 0.15) is 0 Å². The van der Waals surface area contributed by atoms with Gasteiger partial charge in [-0.15, -0.1) is 0 Å². The number of aromatic amines is 1. The van der Waals surface area contributed by atoms with Crippen molar-refractivity contribution in [3.05, 3.63) is 52.8 Å². The Morgan fingerprint density at radius 3 is 2.55 bits per heavy atom. The zero-order valence-electron chi connectivity index (χ0n) is 13.5. The van der Waals surface area contributed by atoms with Crippen LogP contribution in [0.5, 0.6) is 0 Å². The van der Waals surface area contributed by atoms with Gasteiger partial charge in [0, 0.05) is 43.0 Å². The van der Waals surface area contributed by atoms with E-state index in [0.717, 1.165) is 50.5 Å². The van der Waals surface area contributed by atoms with Gasteiger partial charge in [0.15, 0.2) is 0 Å². The molecule has 2 N–H and O–H groups in total. The van der Waals surface area contributed by atoms with Gasteiger partial charge in [-0.1, -0.05) is 30.3 Å². The second-order valence-corrected chi connectivity index (χ2v) is 6.27. The zero-order valence-corrected chi connectivity index (χ0v) is 13.5. The van der Waals surface area contributed by atoms with Gasteiger partial charge in [-0.2, -0.15) is 5.10 Å². The molecule has 0 atom stereocenters.